The zero-order valence-electron chi connectivity index (χ0n) is 14.7. The molecule has 0 spiro atoms. The molecule has 6 heteroatoms. The molecule has 0 radical (unpaired) electrons. The maximum absolute atomic E-state index is 13.1. The van der Waals surface area contributed by atoms with Crippen LogP contribution in [0.2, 0.25) is 0 Å². The van der Waals surface area contributed by atoms with E-state index in [2.05, 4.69) is 10.9 Å². The van der Waals surface area contributed by atoms with Crippen molar-refractivity contribution in [3.05, 3.63) is 78.1 Å². The molecule has 0 fully saturated rings. The Labute approximate surface area is 156 Å². The number of hydrogen-bond donors (Lipinski definition) is 2. The predicted molar refractivity (Wildman–Crippen MR) is 100 cm³/mol. The summed E-state index contributed by atoms with van der Waals surface area (Å²) >= 11 is 0. The lowest BCUT2D eigenvalue weighted by Gasteiger charge is -2.15. The summed E-state index contributed by atoms with van der Waals surface area (Å²) in [6.07, 6.45) is -0.849. The first kappa shape index (κ1) is 18.4. The molecule has 3 aromatic rings. The average molecular weight is 366 g/mol. The second-order valence-electron chi connectivity index (χ2n) is 6.11. The molecule has 1 atom stereocenters. The van der Waals surface area contributed by atoms with Gasteiger partial charge in [-0.25, -0.2) is 4.39 Å². The average Bonchev–Trinajstić information content (AvgIpc) is 2.66. The summed E-state index contributed by atoms with van der Waals surface area (Å²) in [5, 5.41) is 2.08. The summed E-state index contributed by atoms with van der Waals surface area (Å²) in [5.74, 6) is -0.799. The number of hydrazine groups is 1. The van der Waals surface area contributed by atoms with Crippen molar-refractivity contribution in [3.63, 3.8) is 0 Å². The van der Waals surface area contributed by atoms with Crippen LogP contribution in [0.1, 0.15) is 12.5 Å². The minimum atomic E-state index is -0.805. The van der Waals surface area contributed by atoms with Crippen molar-refractivity contribution in [1.82, 2.24) is 10.9 Å². The van der Waals surface area contributed by atoms with Crippen molar-refractivity contribution >= 4 is 22.6 Å². The predicted octanol–water partition coefficient (Wildman–Crippen LogP) is 3.14. The number of nitrogens with one attached hydrogen (secondary N) is 2. The summed E-state index contributed by atoms with van der Waals surface area (Å²) in [4.78, 5) is 24.0. The van der Waals surface area contributed by atoms with Crippen molar-refractivity contribution in [2.75, 3.05) is 0 Å². The Morgan fingerprint density at radius 1 is 0.963 bits per heavy atom. The van der Waals surface area contributed by atoms with Gasteiger partial charge in [-0.3, -0.25) is 20.4 Å². The molecule has 3 rings (SSSR count). The number of halogens is 1. The molecule has 3 aromatic carbocycles. The third-order valence-corrected chi connectivity index (χ3v) is 3.98. The van der Waals surface area contributed by atoms with Gasteiger partial charge in [0.15, 0.2) is 6.10 Å². The van der Waals surface area contributed by atoms with E-state index >= 15 is 0 Å². The van der Waals surface area contributed by atoms with E-state index in [4.69, 9.17) is 4.74 Å². The molecule has 0 saturated carbocycles. The van der Waals surface area contributed by atoms with Crippen molar-refractivity contribution in [2.24, 2.45) is 0 Å². The van der Waals surface area contributed by atoms with E-state index in [9.17, 15) is 14.0 Å². The number of rotatable bonds is 5. The van der Waals surface area contributed by atoms with E-state index in [1.807, 2.05) is 36.4 Å². The van der Waals surface area contributed by atoms with Gasteiger partial charge >= 0.3 is 0 Å². The molecule has 0 aromatic heterocycles. The molecule has 0 aliphatic carbocycles. The summed E-state index contributed by atoms with van der Waals surface area (Å²) in [5.41, 5.74) is 5.14. The summed E-state index contributed by atoms with van der Waals surface area (Å²) in [7, 11) is 0. The third-order valence-electron chi connectivity index (χ3n) is 3.98. The number of benzene rings is 3. The molecule has 2 N–H and O–H groups in total. The lowest BCUT2D eigenvalue weighted by atomic mass is 10.1. The number of amides is 2. The Balaban J connectivity index is 1.51. The van der Waals surface area contributed by atoms with Gasteiger partial charge < -0.3 is 4.74 Å². The van der Waals surface area contributed by atoms with Crippen LogP contribution in [0.3, 0.4) is 0 Å². The Kier molecular flexibility index (Phi) is 5.66. The summed E-state index contributed by atoms with van der Waals surface area (Å²) in [6, 6.07) is 19.1. The fraction of sp³-hybridized carbons (Fsp3) is 0.143. The van der Waals surface area contributed by atoms with Crippen LogP contribution in [-0.4, -0.2) is 17.9 Å². The maximum atomic E-state index is 13.1. The molecular weight excluding hydrogens is 347 g/mol. The van der Waals surface area contributed by atoms with Gasteiger partial charge in [-0.05, 0) is 47.5 Å². The Bertz CT molecular complexity index is 974. The highest BCUT2D eigenvalue weighted by molar-refractivity contribution is 5.86. The highest BCUT2D eigenvalue weighted by Crippen LogP contribution is 2.21. The number of ether oxygens (including phenoxy) is 1. The van der Waals surface area contributed by atoms with Gasteiger partial charge in [-0.2, -0.15) is 0 Å². The molecule has 27 heavy (non-hydrogen) atoms. The van der Waals surface area contributed by atoms with Gasteiger partial charge in [0.25, 0.3) is 5.91 Å². The molecular formula is C21H19FN2O3. The van der Waals surface area contributed by atoms with Crippen molar-refractivity contribution in [2.45, 2.75) is 19.4 Å². The topological polar surface area (TPSA) is 67.4 Å². The number of carbonyl (C=O) groups is 2. The van der Waals surface area contributed by atoms with Gasteiger partial charge in [0.2, 0.25) is 5.91 Å². The van der Waals surface area contributed by atoms with E-state index in [1.165, 1.54) is 18.2 Å². The van der Waals surface area contributed by atoms with Gasteiger partial charge in [0, 0.05) is 0 Å². The standard InChI is InChI=1S/C21H19FN2O3/c1-14(27-19-10-9-16-6-2-3-7-17(16)13-19)21(26)24-23-20(25)12-15-5-4-8-18(22)11-15/h2-11,13-14H,12H2,1H3,(H,23,25)(H,24,26). The van der Waals surface area contributed by atoms with Gasteiger partial charge in [0.1, 0.15) is 11.6 Å². The fourth-order valence-corrected chi connectivity index (χ4v) is 2.61. The zero-order valence-corrected chi connectivity index (χ0v) is 14.7. The Hall–Kier alpha value is -3.41. The number of carbonyl (C=O) groups excluding carboxylic acids is 2. The van der Waals surface area contributed by atoms with Crippen LogP contribution in [0.4, 0.5) is 4.39 Å². The molecule has 2 amide bonds. The lowest BCUT2D eigenvalue weighted by molar-refractivity contribution is -0.132. The molecule has 0 heterocycles. The van der Waals surface area contributed by atoms with Gasteiger partial charge in [-0.1, -0.05) is 42.5 Å². The van der Waals surface area contributed by atoms with Crippen LogP contribution >= 0.6 is 0 Å². The van der Waals surface area contributed by atoms with Crippen LogP contribution in [0.25, 0.3) is 10.8 Å². The summed E-state index contributed by atoms with van der Waals surface area (Å²) in [6.45, 7) is 1.59. The Morgan fingerprint density at radius 3 is 2.52 bits per heavy atom. The zero-order chi connectivity index (χ0) is 19.2. The van der Waals surface area contributed by atoms with Crippen LogP contribution in [-0.2, 0) is 16.0 Å². The van der Waals surface area contributed by atoms with E-state index in [0.717, 1.165) is 10.8 Å². The van der Waals surface area contributed by atoms with Crippen LogP contribution < -0.4 is 15.6 Å². The Morgan fingerprint density at radius 2 is 1.74 bits per heavy atom. The van der Waals surface area contributed by atoms with E-state index in [0.29, 0.717) is 11.3 Å². The monoisotopic (exact) mass is 366 g/mol. The van der Waals surface area contributed by atoms with E-state index in [1.54, 1.807) is 19.1 Å². The van der Waals surface area contributed by atoms with Crippen LogP contribution in [0.5, 0.6) is 5.75 Å². The summed E-state index contributed by atoms with van der Waals surface area (Å²) < 4.78 is 18.8. The minimum absolute atomic E-state index is 0.0437. The van der Waals surface area contributed by atoms with E-state index < -0.39 is 23.7 Å². The largest absolute Gasteiger partial charge is 0.481 e. The molecule has 1 unspecified atom stereocenters. The molecule has 0 aliphatic rings. The van der Waals surface area contributed by atoms with Crippen LogP contribution in [0.15, 0.2) is 66.7 Å². The van der Waals surface area contributed by atoms with E-state index in [-0.39, 0.29) is 6.42 Å². The first-order valence-electron chi connectivity index (χ1n) is 8.50. The van der Waals surface area contributed by atoms with Crippen molar-refractivity contribution < 1.29 is 18.7 Å². The molecule has 0 saturated heterocycles. The first-order valence-corrected chi connectivity index (χ1v) is 8.50. The fourth-order valence-electron chi connectivity index (χ4n) is 2.61. The minimum Gasteiger partial charge on any atom is -0.481 e. The molecule has 0 aliphatic heterocycles. The third kappa shape index (κ3) is 5.04. The van der Waals surface area contributed by atoms with Crippen molar-refractivity contribution in [1.29, 1.82) is 0 Å². The molecule has 138 valence electrons. The molecule has 0 bridgehead atoms. The quantitative estimate of drug-likeness (QED) is 0.682. The van der Waals surface area contributed by atoms with Crippen molar-refractivity contribution in [3.8, 4) is 5.75 Å². The lowest BCUT2D eigenvalue weighted by Crippen LogP contribution is -2.47. The van der Waals surface area contributed by atoms with Gasteiger partial charge in [-0.15, -0.1) is 0 Å². The number of hydrogen-bond acceptors (Lipinski definition) is 3. The second kappa shape index (κ2) is 8.31. The normalized spacial score (nSPS) is 11.6. The van der Waals surface area contributed by atoms with Crippen LogP contribution in [0, 0.1) is 5.82 Å². The maximum Gasteiger partial charge on any atom is 0.279 e. The smallest absolute Gasteiger partial charge is 0.279 e. The highest BCUT2D eigenvalue weighted by atomic mass is 19.1. The van der Waals surface area contributed by atoms with Gasteiger partial charge in [0.05, 0.1) is 6.42 Å². The first-order chi connectivity index (χ1) is 13.0. The SMILES string of the molecule is CC(Oc1ccc2ccccc2c1)C(=O)NNC(=O)Cc1cccc(F)c1. The molecule has 5 nitrogen and oxygen atoms in total. The number of fused-ring (bicyclic) bond motifs is 1. The highest BCUT2D eigenvalue weighted by Gasteiger charge is 2.15. The second-order valence-corrected chi connectivity index (χ2v) is 6.11.